The Hall–Kier alpha value is -3.01. The van der Waals surface area contributed by atoms with E-state index in [1.54, 1.807) is 14.7 Å². The molecule has 1 aliphatic heterocycles. The van der Waals surface area contributed by atoms with Gasteiger partial charge in [-0.3, -0.25) is 38.8 Å². The monoisotopic (exact) mass is 477 g/mol. The van der Waals surface area contributed by atoms with Crippen LogP contribution in [0.4, 0.5) is 4.79 Å². The van der Waals surface area contributed by atoms with E-state index in [-0.39, 0.29) is 72.0 Å². The van der Waals surface area contributed by atoms with Gasteiger partial charge in [-0.15, -0.1) is 0 Å². The highest BCUT2D eigenvalue weighted by Gasteiger charge is 2.28. The summed E-state index contributed by atoms with van der Waals surface area (Å²) in [7, 11) is 0. The molecule has 1 aliphatic rings. The van der Waals surface area contributed by atoms with Crippen LogP contribution in [0.15, 0.2) is 0 Å². The summed E-state index contributed by atoms with van der Waals surface area (Å²) >= 11 is 0. The normalized spacial score (nSPS) is 19.0. The van der Waals surface area contributed by atoms with Crippen LogP contribution in [0.25, 0.3) is 0 Å². The van der Waals surface area contributed by atoms with Crippen molar-refractivity contribution in [1.82, 2.24) is 24.9 Å². The molecule has 1 amide bonds. The summed E-state index contributed by atoms with van der Waals surface area (Å²) in [6.07, 6.45) is -1.39. The molecule has 0 radical (unpaired) electrons. The smallest absolute Gasteiger partial charge is 0.404 e. The molecule has 0 bridgehead atoms. The van der Waals surface area contributed by atoms with Crippen molar-refractivity contribution in [1.29, 1.82) is 0 Å². The lowest BCUT2D eigenvalue weighted by Crippen LogP contribution is -2.54. The zero-order chi connectivity index (χ0) is 25.0. The lowest BCUT2D eigenvalue weighted by molar-refractivity contribution is -0.144. The van der Waals surface area contributed by atoms with Crippen LogP contribution in [0.3, 0.4) is 0 Å². The van der Waals surface area contributed by atoms with Gasteiger partial charge in [-0.05, 0) is 0 Å². The minimum absolute atomic E-state index is 0.0748. The van der Waals surface area contributed by atoms with Crippen molar-refractivity contribution >= 4 is 30.0 Å². The Balaban J connectivity index is 3.11. The van der Waals surface area contributed by atoms with E-state index in [9.17, 15) is 39.3 Å². The topological polar surface area (TPSA) is 211 Å². The molecule has 188 valence electrons. The van der Waals surface area contributed by atoms with Gasteiger partial charge in [-0.1, -0.05) is 0 Å². The van der Waals surface area contributed by atoms with Gasteiger partial charge in [0, 0.05) is 58.9 Å². The second kappa shape index (κ2) is 14.2. The summed E-state index contributed by atoms with van der Waals surface area (Å²) in [5, 5.41) is 48.0. The average Bonchev–Trinajstić information content (AvgIpc) is 2.67. The van der Waals surface area contributed by atoms with E-state index in [0.717, 1.165) is 0 Å². The van der Waals surface area contributed by atoms with Crippen LogP contribution >= 0.6 is 0 Å². The predicted octanol–water partition coefficient (Wildman–Crippen LogP) is -2.82. The fraction of sp³-hybridized carbons (Fsp3) is 0.722. The molecule has 0 aromatic carbocycles. The molecule has 15 nitrogen and oxygen atoms in total. The molecule has 6 N–H and O–H groups in total. The lowest BCUT2D eigenvalue weighted by Gasteiger charge is -2.35. The summed E-state index contributed by atoms with van der Waals surface area (Å²) in [6.45, 7) is -0.175. The average molecular weight is 477 g/mol. The molecule has 0 saturated carbocycles. The largest absolute Gasteiger partial charge is 0.480 e. The summed E-state index contributed by atoms with van der Waals surface area (Å²) in [4.78, 5) is 62.5. The molecule has 33 heavy (non-hydrogen) atoms. The van der Waals surface area contributed by atoms with Crippen molar-refractivity contribution in [2.75, 3.05) is 78.5 Å². The standard InChI is InChI=1S/C18H31N5O10/c24-14(25)10-20-1-3-21(11-15(26)27)5-7-23(13(17(30)31)9-19-18(32)33)8-6-22(4-2-20)12-16(28)29/h13,19H,1-12H2,(H,24,25)(H,26,27)(H,28,29)(H,30,31)(H,32,33)/t13-/m1/s1. The van der Waals surface area contributed by atoms with Crippen LogP contribution in [-0.2, 0) is 19.2 Å². The molecule has 1 heterocycles. The van der Waals surface area contributed by atoms with Crippen molar-refractivity contribution in [2.24, 2.45) is 0 Å². The third kappa shape index (κ3) is 12.0. The third-order valence-corrected chi connectivity index (χ3v) is 5.12. The summed E-state index contributed by atoms with van der Waals surface area (Å²) < 4.78 is 0. The van der Waals surface area contributed by atoms with Crippen LogP contribution in [0.5, 0.6) is 0 Å². The highest BCUT2D eigenvalue weighted by atomic mass is 16.4. The number of aliphatic carboxylic acids is 4. The van der Waals surface area contributed by atoms with E-state index in [4.69, 9.17) is 10.2 Å². The van der Waals surface area contributed by atoms with E-state index in [2.05, 4.69) is 0 Å². The minimum atomic E-state index is -1.39. The molecule has 0 spiro atoms. The Morgan fingerprint density at radius 3 is 1.21 bits per heavy atom. The molecule has 0 aromatic rings. The number of amides is 1. The van der Waals surface area contributed by atoms with Crippen molar-refractivity contribution < 1.29 is 49.5 Å². The molecule has 1 atom stereocenters. The predicted molar refractivity (Wildman–Crippen MR) is 111 cm³/mol. The number of carboxylic acids is 4. The van der Waals surface area contributed by atoms with Gasteiger partial charge in [0.05, 0.1) is 19.6 Å². The first-order valence-corrected chi connectivity index (χ1v) is 10.2. The maximum absolute atomic E-state index is 11.8. The molecule has 1 rings (SSSR count). The number of nitrogens with zero attached hydrogens (tertiary/aromatic N) is 4. The van der Waals surface area contributed by atoms with E-state index in [0.29, 0.717) is 0 Å². The van der Waals surface area contributed by atoms with Crippen molar-refractivity contribution in [3.8, 4) is 0 Å². The van der Waals surface area contributed by atoms with Gasteiger partial charge in [0.25, 0.3) is 0 Å². The number of nitrogens with one attached hydrogen (secondary N) is 1. The zero-order valence-electron chi connectivity index (χ0n) is 18.1. The van der Waals surface area contributed by atoms with E-state index < -0.39 is 42.6 Å². The van der Waals surface area contributed by atoms with Crippen LogP contribution in [-0.4, -0.2) is 160 Å². The molecule has 0 unspecified atom stereocenters. The minimum Gasteiger partial charge on any atom is -0.480 e. The van der Waals surface area contributed by atoms with Crippen LogP contribution in [0.1, 0.15) is 0 Å². The maximum Gasteiger partial charge on any atom is 0.404 e. The van der Waals surface area contributed by atoms with Crippen LogP contribution in [0.2, 0.25) is 0 Å². The van der Waals surface area contributed by atoms with E-state index in [1.807, 2.05) is 5.32 Å². The van der Waals surface area contributed by atoms with Gasteiger partial charge in [0.15, 0.2) is 0 Å². The maximum atomic E-state index is 11.8. The molecule has 1 fully saturated rings. The Labute approximate surface area is 189 Å². The molecule has 0 aliphatic carbocycles. The van der Waals surface area contributed by atoms with Crippen molar-refractivity contribution in [3.63, 3.8) is 0 Å². The second-order valence-corrected chi connectivity index (χ2v) is 7.59. The number of carbonyl (C=O) groups is 5. The zero-order valence-corrected chi connectivity index (χ0v) is 18.1. The van der Waals surface area contributed by atoms with Gasteiger partial charge < -0.3 is 30.8 Å². The second-order valence-electron chi connectivity index (χ2n) is 7.59. The van der Waals surface area contributed by atoms with Crippen LogP contribution < -0.4 is 5.32 Å². The summed E-state index contributed by atoms with van der Waals surface area (Å²) in [6, 6.07) is -1.24. The Morgan fingerprint density at radius 1 is 0.606 bits per heavy atom. The number of hydrogen-bond acceptors (Lipinski definition) is 9. The Morgan fingerprint density at radius 2 is 0.939 bits per heavy atom. The SMILES string of the molecule is O=C(O)CN1CCN(CC(=O)O)CCN([C@H](CNC(=O)O)C(=O)O)CCN(CC(=O)O)CC1. The summed E-state index contributed by atoms with van der Waals surface area (Å²) in [5.74, 6) is -4.56. The molecule has 15 heteroatoms. The van der Waals surface area contributed by atoms with E-state index in [1.165, 1.54) is 4.90 Å². The van der Waals surface area contributed by atoms with Crippen molar-refractivity contribution in [2.45, 2.75) is 6.04 Å². The molecular weight excluding hydrogens is 446 g/mol. The van der Waals surface area contributed by atoms with Crippen LogP contribution in [0, 0.1) is 0 Å². The van der Waals surface area contributed by atoms with Gasteiger partial charge in [-0.2, -0.15) is 0 Å². The lowest BCUT2D eigenvalue weighted by atomic mass is 10.2. The quantitative estimate of drug-likeness (QED) is 0.187. The van der Waals surface area contributed by atoms with Gasteiger partial charge in [0.1, 0.15) is 6.04 Å². The number of carboxylic acid groups (broad SMARTS) is 5. The Bertz CT molecular complexity index is 674. The van der Waals surface area contributed by atoms with Gasteiger partial charge in [0.2, 0.25) is 0 Å². The fourth-order valence-corrected chi connectivity index (χ4v) is 3.47. The number of rotatable bonds is 10. The Kier molecular flexibility index (Phi) is 12.1. The molecular formula is C18H31N5O10. The van der Waals surface area contributed by atoms with Gasteiger partial charge in [-0.25, -0.2) is 4.79 Å². The summed E-state index contributed by atoms with van der Waals surface area (Å²) in [5.41, 5.74) is 0. The first-order valence-electron chi connectivity index (χ1n) is 10.2. The van der Waals surface area contributed by atoms with E-state index >= 15 is 0 Å². The molecule has 0 aromatic heterocycles. The first kappa shape index (κ1) is 28.0. The third-order valence-electron chi connectivity index (χ3n) is 5.12. The highest BCUT2D eigenvalue weighted by Crippen LogP contribution is 2.05. The van der Waals surface area contributed by atoms with Crippen molar-refractivity contribution in [3.05, 3.63) is 0 Å². The van der Waals surface area contributed by atoms with Gasteiger partial charge >= 0.3 is 30.0 Å². The highest BCUT2D eigenvalue weighted by molar-refractivity contribution is 5.75. The molecule has 1 saturated heterocycles. The number of hydrogen-bond donors (Lipinski definition) is 6. The fourth-order valence-electron chi connectivity index (χ4n) is 3.47. The first-order chi connectivity index (χ1) is 15.5.